The highest BCUT2D eigenvalue weighted by Gasteiger charge is 2.25. The highest BCUT2D eigenvalue weighted by atomic mass is 16.5. The van der Waals surface area contributed by atoms with Gasteiger partial charge in [-0.05, 0) is 49.1 Å². The van der Waals surface area contributed by atoms with Crippen molar-refractivity contribution in [3.63, 3.8) is 0 Å². The molecule has 6 aromatic rings. The number of nitrogens with zero attached hydrogens (tertiary/aromatic N) is 1. The Hall–Kier alpha value is -4.46. The summed E-state index contributed by atoms with van der Waals surface area (Å²) in [6.45, 7) is 3.94. The van der Waals surface area contributed by atoms with Crippen LogP contribution < -0.4 is 15.7 Å². The van der Waals surface area contributed by atoms with Crippen LogP contribution in [-0.2, 0) is 0 Å². The Labute approximate surface area is 192 Å². The van der Waals surface area contributed by atoms with Gasteiger partial charge in [0, 0.05) is 22.4 Å². The maximum absolute atomic E-state index is 13.3. The van der Waals surface area contributed by atoms with Crippen molar-refractivity contribution in [2.75, 3.05) is 7.11 Å². The van der Waals surface area contributed by atoms with Gasteiger partial charge in [0.2, 0.25) is 11.2 Å². The van der Waals surface area contributed by atoms with E-state index in [9.17, 15) is 14.7 Å². The molecule has 0 fully saturated rings. The number of ether oxygens (including phenoxy) is 1. The number of fused-ring (bicyclic) bond motifs is 5. The second kappa shape index (κ2) is 7.02. The molecule has 8 heteroatoms. The Morgan fingerprint density at radius 1 is 0.971 bits per heavy atom. The van der Waals surface area contributed by atoms with E-state index in [1.807, 2.05) is 50.2 Å². The van der Waals surface area contributed by atoms with E-state index in [0.29, 0.717) is 38.8 Å². The van der Waals surface area contributed by atoms with Gasteiger partial charge in [-0.15, -0.1) is 0 Å². The molecule has 0 aliphatic carbocycles. The van der Waals surface area contributed by atoms with Gasteiger partial charge in [-0.3, -0.25) is 19.4 Å². The number of benzene rings is 3. The lowest BCUT2D eigenvalue weighted by Crippen LogP contribution is -2.07. The molecule has 3 N–H and O–H groups in total. The first-order chi connectivity index (χ1) is 16.4. The number of aromatic hydroxyl groups is 1. The van der Waals surface area contributed by atoms with Crippen LogP contribution in [0.1, 0.15) is 19.9 Å². The molecule has 0 amide bonds. The molecule has 6 rings (SSSR count). The van der Waals surface area contributed by atoms with Gasteiger partial charge < -0.3 is 19.2 Å². The summed E-state index contributed by atoms with van der Waals surface area (Å²) in [7, 11) is 1.62. The molecule has 0 spiro atoms. The number of methoxy groups -OCH3 is 1. The smallest absolute Gasteiger partial charge is 0.274 e. The number of nitrogens with one attached hydrogen (secondary N) is 2. The van der Waals surface area contributed by atoms with E-state index in [1.165, 1.54) is 6.07 Å². The predicted octanol–water partition coefficient (Wildman–Crippen LogP) is 5.03. The zero-order chi connectivity index (χ0) is 23.7. The summed E-state index contributed by atoms with van der Waals surface area (Å²) in [5, 5.41) is 16.1. The fourth-order valence-corrected chi connectivity index (χ4v) is 4.78. The second-order valence-electron chi connectivity index (χ2n) is 8.58. The average molecular weight is 455 g/mol. The molecule has 0 radical (unpaired) electrons. The molecular formula is C26H21N3O5. The van der Waals surface area contributed by atoms with Gasteiger partial charge in [0.15, 0.2) is 11.2 Å². The molecular weight excluding hydrogens is 434 g/mol. The van der Waals surface area contributed by atoms with Crippen molar-refractivity contribution in [3.8, 4) is 22.6 Å². The van der Waals surface area contributed by atoms with E-state index in [-0.39, 0.29) is 17.2 Å². The number of aromatic nitrogens is 3. The third-order valence-electron chi connectivity index (χ3n) is 6.33. The van der Waals surface area contributed by atoms with Crippen LogP contribution in [-0.4, -0.2) is 27.0 Å². The normalized spacial score (nSPS) is 12.0. The number of phenolic OH excluding ortho intramolecular Hbond substituents is 1. The lowest BCUT2D eigenvalue weighted by atomic mass is 9.95. The summed E-state index contributed by atoms with van der Waals surface area (Å²) < 4.78 is 13.4. The Morgan fingerprint density at radius 2 is 1.74 bits per heavy atom. The van der Waals surface area contributed by atoms with Crippen molar-refractivity contribution in [2.45, 2.75) is 19.9 Å². The fourth-order valence-electron chi connectivity index (χ4n) is 4.78. The van der Waals surface area contributed by atoms with Gasteiger partial charge in [0.1, 0.15) is 11.4 Å². The molecule has 0 saturated carbocycles. The topological polar surface area (TPSA) is 113 Å². The lowest BCUT2D eigenvalue weighted by molar-refractivity contribution is 0.420. The van der Waals surface area contributed by atoms with Gasteiger partial charge in [0.25, 0.3) is 5.56 Å². The third kappa shape index (κ3) is 2.59. The van der Waals surface area contributed by atoms with Gasteiger partial charge in [-0.25, -0.2) is 0 Å². The minimum atomic E-state index is -0.530. The number of pyridine rings is 1. The van der Waals surface area contributed by atoms with Crippen molar-refractivity contribution in [2.24, 2.45) is 0 Å². The standard InChI is InChI=1S/C26H21N3O5/c1-12(2)29-25-20(26(32)28-29)19(15-9-11-18(33-3)14-7-5-4-6-13(14)15)24-21(27-25)16-8-10-17(30)22(31)23(16)34-24/h4-12,27,31H,1-3H3,(H,28,32). The molecule has 8 nitrogen and oxygen atoms in total. The molecule has 0 unspecified atom stereocenters. The van der Waals surface area contributed by atoms with Crippen LogP contribution in [0.15, 0.2) is 62.5 Å². The second-order valence-corrected chi connectivity index (χ2v) is 8.58. The van der Waals surface area contributed by atoms with E-state index in [0.717, 1.165) is 16.3 Å². The molecule has 170 valence electrons. The van der Waals surface area contributed by atoms with E-state index in [1.54, 1.807) is 17.9 Å². The van der Waals surface area contributed by atoms with Crippen molar-refractivity contribution in [3.05, 3.63) is 69.1 Å². The molecule has 34 heavy (non-hydrogen) atoms. The Balaban J connectivity index is 1.90. The SMILES string of the molecule is COc1ccc(-c2c3oc4c(O)c(=O)ccc4c3[nH]c3c2c(=O)[nH]n3C(C)C)c2ccccc12. The molecule has 0 aliphatic rings. The minimum Gasteiger partial charge on any atom is -0.502 e. The van der Waals surface area contributed by atoms with E-state index in [4.69, 9.17) is 9.15 Å². The number of hydrogen-bond acceptors (Lipinski definition) is 5. The number of furan rings is 1. The van der Waals surface area contributed by atoms with Crippen molar-refractivity contribution in [1.82, 2.24) is 14.8 Å². The van der Waals surface area contributed by atoms with Crippen LogP contribution in [0.3, 0.4) is 0 Å². The lowest BCUT2D eigenvalue weighted by Gasteiger charge is -2.13. The van der Waals surface area contributed by atoms with Crippen molar-refractivity contribution < 1.29 is 14.3 Å². The minimum absolute atomic E-state index is 0.0285. The third-order valence-corrected chi connectivity index (χ3v) is 6.33. The summed E-state index contributed by atoms with van der Waals surface area (Å²) in [6.07, 6.45) is 0. The summed E-state index contributed by atoms with van der Waals surface area (Å²) in [5.74, 6) is 0.249. The first kappa shape index (κ1) is 20.2. The summed E-state index contributed by atoms with van der Waals surface area (Å²) in [5.41, 5.74) is 2.18. The van der Waals surface area contributed by atoms with Crippen molar-refractivity contribution >= 4 is 43.9 Å². The van der Waals surface area contributed by atoms with Crippen LogP contribution in [0.2, 0.25) is 0 Å². The maximum Gasteiger partial charge on any atom is 0.274 e. The van der Waals surface area contributed by atoms with Crippen LogP contribution in [0.5, 0.6) is 11.5 Å². The first-order valence-electron chi connectivity index (χ1n) is 10.9. The fraction of sp³-hybridized carbons (Fsp3) is 0.154. The van der Waals surface area contributed by atoms with Crippen LogP contribution in [0.4, 0.5) is 0 Å². The van der Waals surface area contributed by atoms with Gasteiger partial charge in [-0.2, -0.15) is 0 Å². The summed E-state index contributed by atoms with van der Waals surface area (Å²) >= 11 is 0. The van der Waals surface area contributed by atoms with E-state index < -0.39 is 11.2 Å². The number of H-pyrrole nitrogens is 2. The number of phenols is 1. The van der Waals surface area contributed by atoms with E-state index in [2.05, 4.69) is 10.1 Å². The zero-order valence-corrected chi connectivity index (χ0v) is 18.7. The maximum atomic E-state index is 13.3. The molecule has 0 bridgehead atoms. The Kier molecular flexibility index (Phi) is 4.16. The summed E-state index contributed by atoms with van der Waals surface area (Å²) in [6, 6.07) is 14.4. The van der Waals surface area contributed by atoms with Crippen LogP contribution in [0, 0.1) is 0 Å². The van der Waals surface area contributed by atoms with Gasteiger partial charge >= 0.3 is 0 Å². The predicted molar refractivity (Wildman–Crippen MR) is 132 cm³/mol. The molecule has 3 aromatic carbocycles. The Morgan fingerprint density at radius 3 is 2.47 bits per heavy atom. The van der Waals surface area contributed by atoms with Gasteiger partial charge in [-0.1, -0.05) is 24.3 Å². The first-order valence-corrected chi connectivity index (χ1v) is 10.9. The molecule has 0 atom stereocenters. The van der Waals surface area contributed by atoms with E-state index >= 15 is 0 Å². The number of aromatic amines is 2. The molecule has 0 aliphatic heterocycles. The summed E-state index contributed by atoms with van der Waals surface area (Å²) in [4.78, 5) is 28.7. The highest BCUT2D eigenvalue weighted by molar-refractivity contribution is 6.18. The highest BCUT2D eigenvalue weighted by Crippen LogP contribution is 2.43. The number of hydrogen-bond donors (Lipinski definition) is 3. The van der Waals surface area contributed by atoms with Crippen LogP contribution in [0.25, 0.3) is 55.0 Å². The quantitative estimate of drug-likeness (QED) is 0.346. The van der Waals surface area contributed by atoms with Crippen LogP contribution >= 0.6 is 0 Å². The zero-order valence-electron chi connectivity index (χ0n) is 18.7. The average Bonchev–Trinajstić information content (AvgIpc) is 3.38. The number of rotatable bonds is 3. The molecule has 3 heterocycles. The Bertz CT molecular complexity index is 1880. The molecule has 3 aromatic heterocycles. The molecule has 0 saturated heterocycles. The monoisotopic (exact) mass is 455 g/mol. The van der Waals surface area contributed by atoms with Crippen molar-refractivity contribution in [1.29, 1.82) is 0 Å². The largest absolute Gasteiger partial charge is 0.502 e. The van der Waals surface area contributed by atoms with Gasteiger partial charge in [0.05, 0.1) is 18.0 Å².